The van der Waals surface area contributed by atoms with Gasteiger partial charge in [0.25, 0.3) is 0 Å². The fraction of sp³-hybridized carbons (Fsp3) is 0.318. The lowest BCUT2D eigenvalue weighted by Crippen LogP contribution is -2.11. The average Bonchev–Trinajstić information content (AvgIpc) is 3.39. The fourth-order valence-electron chi connectivity index (χ4n) is 3.13. The number of anilines is 1. The van der Waals surface area contributed by atoms with Crippen LogP contribution in [0.25, 0.3) is 17.1 Å². The number of rotatable bonds is 8. The third-order valence-electron chi connectivity index (χ3n) is 4.64. The van der Waals surface area contributed by atoms with Crippen LogP contribution in [0.3, 0.4) is 0 Å². The molecule has 0 atom stereocenters. The summed E-state index contributed by atoms with van der Waals surface area (Å²) in [5.41, 5.74) is 2.37. The summed E-state index contributed by atoms with van der Waals surface area (Å²) in [5, 5.41) is 7.41. The number of ether oxygens (including phenoxy) is 3. The van der Waals surface area contributed by atoms with Gasteiger partial charge in [0.15, 0.2) is 17.3 Å². The van der Waals surface area contributed by atoms with Crippen molar-refractivity contribution in [2.75, 3.05) is 18.7 Å². The van der Waals surface area contributed by atoms with E-state index in [-0.39, 0.29) is 12.7 Å². The number of hydrogen-bond donors (Lipinski definition) is 1. The Morgan fingerprint density at radius 2 is 1.93 bits per heavy atom. The Balaban J connectivity index is 1.62. The molecule has 0 saturated carbocycles. The largest absolute Gasteiger partial charge is 0.463 e. The summed E-state index contributed by atoms with van der Waals surface area (Å²) in [4.78, 5) is 16.5. The van der Waals surface area contributed by atoms with Crippen molar-refractivity contribution < 1.29 is 19.0 Å². The van der Waals surface area contributed by atoms with Crippen molar-refractivity contribution in [3.8, 4) is 34.6 Å². The van der Waals surface area contributed by atoms with Crippen LogP contribution < -0.4 is 19.5 Å². The predicted octanol–water partition coefficient (Wildman–Crippen LogP) is 4.19. The molecule has 4 rings (SSSR count). The molecule has 1 aliphatic rings. The number of benzene rings is 2. The summed E-state index contributed by atoms with van der Waals surface area (Å²) in [5.74, 6) is 2.02. The lowest BCUT2D eigenvalue weighted by atomic mass is 10.2. The second-order valence-corrected chi connectivity index (χ2v) is 6.83. The zero-order chi connectivity index (χ0) is 20.9. The highest BCUT2D eigenvalue weighted by Gasteiger charge is 2.19. The molecule has 0 fully saturated rings. The molecule has 0 radical (unpaired) electrons. The highest BCUT2D eigenvalue weighted by molar-refractivity contribution is 5.90. The molecule has 1 N–H and O–H groups in total. The van der Waals surface area contributed by atoms with E-state index in [0.29, 0.717) is 36.4 Å². The minimum absolute atomic E-state index is 0.0186. The van der Waals surface area contributed by atoms with E-state index in [1.165, 1.54) is 0 Å². The number of nitrogens with one attached hydrogen (secondary N) is 1. The van der Waals surface area contributed by atoms with Crippen LogP contribution >= 0.6 is 0 Å². The number of nitrogens with zero attached hydrogens (tertiary/aromatic N) is 3. The summed E-state index contributed by atoms with van der Waals surface area (Å²) in [6.45, 7) is 4.62. The highest BCUT2D eigenvalue weighted by atomic mass is 16.7. The Hall–Kier alpha value is -3.55. The highest BCUT2D eigenvalue weighted by Crippen LogP contribution is 2.36. The summed E-state index contributed by atoms with van der Waals surface area (Å²) in [7, 11) is 0. The molecule has 0 saturated heterocycles. The van der Waals surface area contributed by atoms with Crippen LogP contribution in [-0.2, 0) is 4.79 Å². The zero-order valence-electron chi connectivity index (χ0n) is 17.1. The van der Waals surface area contributed by atoms with Crippen molar-refractivity contribution in [2.24, 2.45) is 0 Å². The topological polar surface area (TPSA) is 87.5 Å². The van der Waals surface area contributed by atoms with Gasteiger partial charge in [-0.3, -0.25) is 4.79 Å². The quantitative estimate of drug-likeness (QED) is 0.601. The first kappa shape index (κ1) is 19.8. The molecule has 0 spiro atoms. The molecule has 0 bridgehead atoms. The molecule has 2 heterocycles. The van der Waals surface area contributed by atoms with Crippen LogP contribution in [0.5, 0.6) is 17.5 Å². The maximum absolute atomic E-state index is 12.0. The lowest BCUT2D eigenvalue weighted by Gasteiger charge is -2.09. The van der Waals surface area contributed by atoms with Crippen LogP contribution in [0.4, 0.5) is 5.69 Å². The second kappa shape index (κ2) is 8.86. The van der Waals surface area contributed by atoms with Gasteiger partial charge in [0.1, 0.15) is 0 Å². The SMILES string of the molecule is CCCCC(=O)Nc1ccc(-n2nc(OCC)nc2-c2ccc3c(c2)OCO3)cc1. The molecule has 8 nitrogen and oxygen atoms in total. The van der Waals surface area contributed by atoms with Crippen molar-refractivity contribution >= 4 is 11.6 Å². The van der Waals surface area contributed by atoms with Crippen LogP contribution in [-0.4, -0.2) is 34.1 Å². The van der Waals surface area contributed by atoms with E-state index in [1.54, 1.807) is 4.68 Å². The molecule has 156 valence electrons. The monoisotopic (exact) mass is 408 g/mol. The van der Waals surface area contributed by atoms with Gasteiger partial charge in [0.2, 0.25) is 12.7 Å². The van der Waals surface area contributed by atoms with Gasteiger partial charge in [-0.25, -0.2) is 4.68 Å². The minimum Gasteiger partial charge on any atom is -0.463 e. The number of unbranched alkanes of at least 4 members (excludes halogenated alkanes) is 1. The van der Waals surface area contributed by atoms with E-state index in [2.05, 4.69) is 22.3 Å². The molecule has 1 aliphatic heterocycles. The van der Waals surface area contributed by atoms with Gasteiger partial charge in [-0.1, -0.05) is 13.3 Å². The van der Waals surface area contributed by atoms with E-state index >= 15 is 0 Å². The Morgan fingerprint density at radius 3 is 2.70 bits per heavy atom. The van der Waals surface area contributed by atoms with Crippen molar-refractivity contribution in [1.82, 2.24) is 14.8 Å². The van der Waals surface area contributed by atoms with Gasteiger partial charge in [0.05, 0.1) is 12.3 Å². The standard InChI is InChI=1S/C22H24N4O4/c1-3-5-6-20(27)23-16-8-10-17(11-9-16)26-21(24-22(25-26)28-4-2)15-7-12-18-19(13-15)30-14-29-18/h7-13H,3-6,14H2,1-2H3,(H,23,27). The molecule has 30 heavy (non-hydrogen) atoms. The predicted molar refractivity (Wildman–Crippen MR) is 112 cm³/mol. The molecule has 2 aromatic carbocycles. The van der Waals surface area contributed by atoms with Crippen molar-refractivity contribution in [3.63, 3.8) is 0 Å². The first-order valence-electron chi connectivity index (χ1n) is 10.1. The van der Waals surface area contributed by atoms with Crippen LogP contribution in [0.2, 0.25) is 0 Å². The maximum Gasteiger partial charge on any atom is 0.336 e. The lowest BCUT2D eigenvalue weighted by molar-refractivity contribution is -0.116. The molecule has 8 heteroatoms. The van der Waals surface area contributed by atoms with Gasteiger partial charge >= 0.3 is 6.01 Å². The molecule has 3 aromatic rings. The van der Waals surface area contributed by atoms with Gasteiger partial charge in [-0.15, -0.1) is 5.10 Å². The van der Waals surface area contributed by atoms with Crippen molar-refractivity contribution in [2.45, 2.75) is 33.1 Å². The number of carbonyl (C=O) groups excluding carboxylic acids is 1. The normalized spacial score (nSPS) is 12.1. The number of carbonyl (C=O) groups is 1. The minimum atomic E-state index is 0.0186. The summed E-state index contributed by atoms with van der Waals surface area (Å²) >= 11 is 0. The van der Waals surface area contributed by atoms with Gasteiger partial charge in [0, 0.05) is 17.7 Å². The summed E-state index contributed by atoms with van der Waals surface area (Å²) in [6, 6.07) is 13.4. The molecule has 1 amide bonds. The van der Waals surface area contributed by atoms with Gasteiger partial charge in [-0.2, -0.15) is 4.98 Å². The average molecular weight is 408 g/mol. The third-order valence-corrected chi connectivity index (χ3v) is 4.64. The van der Waals surface area contributed by atoms with E-state index in [0.717, 1.165) is 29.8 Å². The molecule has 1 aromatic heterocycles. The van der Waals surface area contributed by atoms with E-state index in [1.807, 2.05) is 49.4 Å². The van der Waals surface area contributed by atoms with E-state index < -0.39 is 0 Å². The summed E-state index contributed by atoms with van der Waals surface area (Å²) in [6.07, 6.45) is 2.39. The third kappa shape index (κ3) is 4.22. The number of hydrogen-bond acceptors (Lipinski definition) is 6. The van der Waals surface area contributed by atoms with Gasteiger partial charge in [-0.05, 0) is 55.8 Å². The van der Waals surface area contributed by atoms with Crippen LogP contribution in [0.15, 0.2) is 42.5 Å². The first-order valence-corrected chi connectivity index (χ1v) is 10.1. The summed E-state index contributed by atoms with van der Waals surface area (Å²) < 4.78 is 18.1. The van der Waals surface area contributed by atoms with E-state index in [4.69, 9.17) is 14.2 Å². The van der Waals surface area contributed by atoms with Crippen LogP contribution in [0.1, 0.15) is 33.1 Å². The second-order valence-electron chi connectivity index (χ2n) is 6.83. The Labute approximate surface area is 174 Å². The Bertz CT molecular complexity index is 1030. The molecular formula is C22H24N4O4. The smallest absolute Gasteiger partial charge is 0.336 e. The first-order chi connectivity index (χ1) is 14.7. The Kier molecular flexibility index (Phi) is 5.83. The molecule has 0 unspecified atom stereocenters. The van der Waals surface area contributed by atoms with Gasteiger partial charge < -0.3 is 19.5 Å². The van der Waals surface area contributed by atoms with E-state index in [9.17, 15) is 4.79 Å². The zero-order valence-corrected chi connectivity index (χ0v) is 17.1. The number of aromatic nitrogens is 3. The van der Waals surface area contributed by atoms with Crippen molar-refractivity contribution in [1.29, 1.82) is 0 Å². The fourth-order valence-corrected chi connectivity index (χ4v) is 3.13. The maximum atomic E-state index is 12.0. The van der Waals surface area contributed by atoms with Crippen LogP contribution in [0, 0.1) is 0 Å². The molecular weight excluding hydrogens is 384 g/mol. The number of fused-ring (bicyclic) bond motifs is 1. The Morgan fingerprint density at radius 1 is 1.13 bits per heavy atom. The molecule has 0 aliphatic carbocycles. The number of amides is 1. The van der Waals surface area contributed by atoms with Crippen molar-refractivity contribution in [3.05, 3.63) is 42.5 Å².